The molecular formula is C19H20ClFN4O3S. The molecule has 1 amide bonds. The van der Waals surface area contributed by atoms with Crippen molar-refractivity contribution in [2.24, 2.45) is 11.5 Å². The van der Waals surface area contributed by atoms with E-state index >= 15 is 0 Å². The summed E-state index contributed by atoms with van der Waals surface area (Å²) in [6, 6.07) is 8.90. The van der Waals surface area contributed by atoms with E-state index in [1.807, 2.05) is 6.92 Å². The zero-order valence-electron chi connectivity index (χ0n) is 15.6. The highest BCUT2D eigenvalue weighted by molar-refractivity contribution is 7.80. The number of carbonyl (C=O) groups excluding carboxylic acids is 1. The van der Waals surface area contributed by atoms with Crippen LogP contribution in [-0.2, 0) is 0 Å². The highest BCUT2D eigenvalue weighted by Crippen LogP contribution is 2.29. The number of rotatable bonds is 4. The second kappa shape index (κ2) is 9.73. The van der Waals surface area contributed by atoms with E-state index in [9.17, 15) is 14.0 Å². The van der Waals surface area contributed by atoms with Crippen LogP contribution in [0.25, 0.3) is 0 Å². The Hall–Kier alpha value is -2.62. The van der Waals surface area contributed by atoms with E-state index in [1.54, 1.807) is 31.2 Å². The van der Waals surface area contributed by atoms with Gasteiger partial charge in [0.1, 0.15) is 5.82 Å². The summed E-state index contributed by atoms with van der Waals surface area (Å²) in [5.74, 6) is -1.79. The monoisotopic (exact) mass is 438 g/mol. The Morgan fingerprint density at radius 2 is 2.00 bits per heavy atom. The normalized spacial score (nSPS) is 12.6. The number of amides is 1. The SMILES string of the molecule is Cc1ccc(F)c(C(C)C(N)c2n[nH]c(=O)o2)c1.NC(=O)c1cc(Cl)ccc1S. The lowest BCUT2D eigenvalue weighted by atomic mass is 9.92. The van der Waals surface area contributed by atoms with Crippen LogP contribution in [0.5, 0.6) is 0 Å². The number of benzene rings is 2. The second-order valence-corrected chi connectivity index (χ2v) is 7.23. The molecule has 7 nitrogen and oxygen atoms in total. The zero-order chi connectivity index (χ0) is 21.7. The van der Waals surface area contributed by atoms with Crippen molar-refractivity contribution in [1.29, 1.82) is 0 Å². The van der Waals surface area contributed by atoms with Crippen molar-refractivity contribution in [2.75, 3.05) is 0 Å². The van der Waals surface area contributed by atoms with E-state index in [0.717, 1.165) is 5.56 Å². The topological polar surface area (TPSA) is 128 Å². The number of hydrogen-bond donors (Lipinski definition) is 4. The third-order valence-corrected chi connectivity index (χ3v) is 4.77. The Labute approximate surface area is 176 Å². The van der Waals surface area contributed by atoms with Crippen LogP contribution in [0.15, 0.2) is 50.5 Å². The van der Waals surface area contributed by atoms with Crippen LogP contribution in [0.4, 0.5) is 4.39 Å². The molecule has 0 fully saturated rings. The standard InChI is InChI=1S/C12H14FN3O2.C7H6ClNOS/c1-6-3-4-9(13)8(5-6)7(2)10(14)11-15-16-12(17)18-11;8-4-1-2-6(11)5(3-4)7(9)10/h3-5,7,10H,14H2,1-2H3,(H,16,17);1-3,11H,(H2,9,10). The lowest BCUT2D eigenvalue weighted by Crippen LogP contribution is -2.19. The van der Waals surface area contributed by atoms with Crippen LogP contribution in [0.2, 0.25) is 5.02 Å². The van der Waals surface area contributed by atoms with Crippen LogP contribution >= 0.6 is 24.2 Å². The number of carbonyl (C=O) groups is 1. The first-order valence-corrected chi connectivity index (χ1v) is 9.28. The quantitative estimate of drug-likeness (QED) is 0.464. The van der Waals surface area contributed by atoms with Gasteiger partial charge in [-0.1, -0.05) is 36.2 Å². The van der Waals surface area contributed by atoms with Crippen molar-refractivity contribution in [3.05, 3.63) is 80.4 Å². The number of hydrogen-bond acceptors (Lipinski definition) is 6. The van der Waals surface area contributed by atoms with Crippen molar-refractivity contribution in [1.82, 2.24) is 10.2 Å². The number of primary amides is 1. The van der Waals surface area contributed by atoms with Gasteiger partial charge in [-0.15, -0.1) is 17.7 Å². The zero-order valence-corrected chi connectivity index (χ0v) is 17.3. The molecule has 0 aliphatic heterocycles. The molecule has 2 unspecified atom stereocenters. The predicted molar refractivity (Wildman–Crippen MR) is 111 cm³/mol. The lowest BCUT2D eigenvalue weighted by molar-refractivity contribution is 0.0997. The number of nitrogens with two attached hydrogens (primary N) is 2. The summed E-state index contributed by atoms with van der Waals surface area (Å²) < 4.78 is 18.5. The van der Waals surface area contributed by atoms with E-state index in [0.29, 0.717) is 21.0 Å². The van der Waals surface area contributed by atoms with Gasteiger partial charge >= 0.3 is 5.76 Å². The molecule has 3 aromatic rings. The molecule has 10 heteroatoms. The van der Waals surface area contributed by atoms with Crippen LogP contribution in [0, 0.1) is 12.7 Å². The summed E-state index contributed by atoms with van der Waals surface area (Å²) in [5, 5.41) is 6.28. The van der Waals surface area contributed by atoms with E-state index in [1.165, 1.54) is 12.1 Å². The number of aromatic nitrogens is 2. The number of H-pyrrole nitrogens is 1. The number of aryl methyl sites for hydroxylation is 1. The first-order valence-electron chi connectivity index (χ1n) is 8.45. The van der Waals surface area contributed by atoms with Crippen molar-refractivity contribution in [2.45, 2.75) is 30.7 Å². The van der Waals surface area contributed by atoms with E-state index in [-0.39, 0.29) is 17.6 Å². The van der Waals surface area contributed by atoms with Gasteiger partial charge in [0.05, 0.1) is 11.6 Å². The Balaban J connectivity index is 0.000000234. The van der Waals surface area contributed by atoms with Gasteiger partial charge in [-0.2, -0.15) is 0 Å². The first-order chi connectivity index (χ1) is 13.6. The molecule has 1 heterocycles. The van der Waals surface area contributed by atoms with Crippen LogP contribution < -0.4 is 17.2 Å². The van der Waals surface area contributed by atoms with Crippen molar-refractivity contribution in [3.63, 3.8) is 0 Å². The van der Waals surface area contributed by atoms with Gasteiger partial charge in [0.2, 0.25) is 11.8 Å². The molecule has 3 rings (SSSR count). The summed E-state index contributed by atoms with van der Waals surface area (Å²) in [6.45, 7) is 3.63. The maximum Gasteiger partial charge on any atom is 0.434 e. The van der Waals surface area contributed by atoms with Crippen molar-refractivity contribution >= 4 is 30.1 Å². The smallest absolute Gasteiger partial charge is 0.391 e. The number of halogens is 2. The molecule has 0 saturated heterocycles. The molecule has 0 saturated carbocycles. The van der Waals surface area contributed by atoms with Crippen molar-refractivity contribution < 1.29 is 13.6 Å². The van der Waals surface area contributed by atoms with Gasteiger partial charge in [0.25, 0.3) is 0 Å². The molecule has 0 bridgehead atoms. The number of nitrogens with zero attached hydrogens (tertiary/aromatic N) is 1. The van der Waals surface area contributed by atoms with Gasteiger partial charge < -0.3 is 15.9 Å². The Kier molecular flexibility index (Phi) is 7.60. The van der Waals surface area contributed by atoms with Gasteiger partial charge in [-0.25, -0.2) is 14.3 Å². The fourth-order valence-corrected chi connectivity index (χ4v) is 2.93. The molecule has 29 heavy (non-hydrogen) atoms. The highest BCUT2D eigenvalue weighted by atomic mass is 35.5. The van der Waals surface area contributed by atoms with Crippen molar-refractivity contribution in [3.8, 4) is 0 Å². The van der Waals surface area contributed by atoms with Crippen LogP contribution in [0.3, 0.4) is 0 Å². The molecule has 154 valence electrons. The average Bonchev–Trinajstić information content (AvgIpc) is 3.11. The molecule has 0 aliphatic rings. The fourth-order valence-electron chi connectivity index (χ4n) is 2.51. The number of thiol groups is 1. The average molecular weight is 439 g/mol. The van der Waals surface area contributed by atoms with Gasteiger partial charge in [-0.3, -0.25) is 4.79 Å². The molecule has 0 aliphatic carbocycles. The van der Waals surface area contributed by atoms with Gasteiger partial charge in [0.15, 0.2) is 0 Å². The lowest BCUT2D eigenvalue weighted by Gasteiger charge is -2.18. The third kappa shape index (κ3) is 5.93. The summed E-state index contributed by atoms with van der Waals surface area (Å²) in [7, 11) is 0. The number of aromatic amines is 1. The summed E-state index contributed by atoms with van der Waals surface area (Å²) in [4.78, 5) is 22.1. The maximum atomic E-state index is 13.7. The summed E-state index contributed by atoms with van der Waals surface area (Å²) in [5.41, 5.74) is 12.7. The molecule has 5 N–H and O–H groups in total. The van der Waals surface area contributed by atoms with Gasteiger partial charge in [0, 0.05) is 15.8 Å². The molecule has 1 aromatic heterocycles. The van der Waals surface area contributed by atoms with E-state index in [4.69, 9.17) is 27.5 Å². The van der Waals surface area contributed by atoms with E-state index < -0.39 is 17.7 Å². The molecule has 2 atom stereocenters. The van der Waals surface area contributed by atoms with E-state index in [2.05, 4.69) is 22.8 Å². The maximum absolute atomic E-state index is 13.7. The predicted octanol–water partition coefficient (Wildman–Crippen LogP) is 3.34. The number of nitrogens with one attached hydrogen (secondary N) is 1. The first kappa shape index (κ1) is 22.7. The third-order valence-electron chi connectivity index (χ3n) is 4.14. The Morgan fingerprint density at radius 3 is 2.55 bits per heavy atom. The Bertz CT molecular complexity index is 1070. The minimum atomic E-state index is -0.680. The summed E-state index contributed by atoms with van der Waals surface area (Å²) >= 11 is 9.64. The minimum absolute atomic E-state index is 0.0772. The highest BCUT2D eigenvalue weighted by Gasteiger charge is 2.24. The van der Waals surface area contributed by atoms with Crippen LogP contribution in [-0.4, -0.2) is 16.1 Å². The molecule has 0 spiro atoms. The Morgan fingerprint density at radius 1 is 1.31 bits per heavy atom. The molecule has 2 aromatic carbocycles. The fraction of sp³-hybridized carbons (Fsp3) is 0.211. The largest absolute Gasteiger partial charge is 0.434 e. The summed E-state index contributed by atoms with van der Waals surface area (Å²) in [6.07, 6.45) is 0. The molecule has 0 radical (unpaired) electrons. The minimum Gasteiger partial charge on any atom is -0.391 e. The van der Waals surface area contributed by atoms with Crippen LogP contribution in [0.1, 0.15) is 46.3 Å². The second-order valence-electron chi connectivity index (χ2n) is 6.32. The molecular weight excluding hydrogens is 419 g/mol. The van der Waals surface area contributed by atoms with Gasteiger partial charge in [-0.05, 0) is 36.8 Å².